The number of amides is 1. The van der Waals surface area contributed by atoms with Gasteiger partial charge >= 0.3 is 0 Å². The molecule has 1 saturated heterocycles. The third kappa shape index (κ3) is 5.39. The average molecular weight is 439 g/mol. The highest BCUT2D eigenvalue weighted by Gasteiger charge is 2.13. The highest BCUT2D eigenvalue weighted by Crippen LogP contribution is 2.23. The van der Waals surface area contributed by atoms with E-state index in [2.05, 4.69) is 20.4 Å². The molecule has 0 spiro atoms. The maximum Gasteiger partial charge on any atom is 0.228 e. The maximum absolute atomic E-state index is 13.9. The van der Waals surface area contributed by atoms with Gasteiger partial charge in [-0.05, 0) is 49.2 Å². The molecule has 0 unspecified atom stereocenters. The normalized spacial score (nSPS) is 14.2. The number of nitrogens with zero attached hydrogens (tertiary/aromatic N) is 3. The van der Waals surface area contributed by atoms with Crippen LogP contribution >= 0.6 is 11.6 Å². The molecule has 1 N–H and O–H groups in total. The number of nitrogens with one attached hydrogen (secondary N) is 1. The molecule has 1 aromatic heterocycles. The molecule has 0 bridgehead atoms. The molecule has 0 aliphatic carbocycles. The molecule has 4 rings (SSSR count). The lowest BCUT2D eigenvalue weighted by molar-refractivity contribution is -0.115. The molecule has 0 radical (unpaired) electrons. The predicted octanol–water partition coefficient (Wildman–Crippen LogP) is 5.50. The van der Waals surface area contributed by atoms with E-state index in [1.165, 1.54) is 37.8 Å². The number of hydrogen-bond donors (Lipinski definition) is 1. The van der Waals surface area contributed by atoms with E-state index < -0.39 is 5.82 Å². The van der Waals surface area contributed by atoms with Gasteiger partial charge in [0.15, 0.2) is 5.82 Å². The summed E-state index contributed by atoms with van der Waals surface area (Å²) < 4.78 is 13.9. The Bertz CT molecular complexity index is 1010. The van der Waals surface area contributed by atoms with Gasteiger partial charge in [-0.1, -0.05) is 42.6 Å². The van der Waals surface area contributed by atoms with Crippen LogP contribution in [0.15, 0.2) is 54.6 Å². The molecule has 1 aliphatic rings. The minimum Gasteiger partial charge on any atom is -0.355 e. The minimum atomic E-state index is -0.486. The molecule has 2 aromatic carbocycles. The second kappa shape index (κ2) is 9.88. The summed E-state index contributed by atoms with van der Waals surface area (Å²) in [5.74, 6) is 0.0999. The fourth-order valence-corrected chi connectivity index (χ4v) is 3.97. The van der Waals surface area contributed by atoms with E-state index in [9.17, 15) is 9.18 Å². The first-order valence-electron chi connectivity index (χ1n) is 10.5. The lowest BCUT2D eigenvalue weighted by Gasteiger charge is -2.20. The van der Waals surface area contributed by atoms with E-state index >= 15 is 0 Å². The summed E-state index contributed by atoms with van der Waals surface area (Å²) in [6.07, 6.45) is 4.81. The van der Waals surface area contributed by atoms with Gasteiger partial charge < -0.3 is 10.2 Å². The van der Waals surface area contributed by atoms with E-state index in [4.69, 9.17) is 11.6 Å². The Balaban J connectivity index is 1.39. The SMILES string of the molecule is O=C(Cc1c(F)cccc1Cl)Nc1ccc(-c2ccc(N3CCCCCC3)nn2)cc1. The van der Waals surface area contributed by atoms with Crippen LogP contribution in [0.3, 0.4) is 0 Å². The van der Waals surface area contributed by atoms with Crippen molar-refractivity contribution in [2.75, 3.05) is 23.3 Å². The van der Waals surface area contributed by atoms with Crippen molar-refractivity contribution in [2.24, 2.45) is 0 Å². The minimum absolute atomic E-state index is 0.128. The second-order valence-electron chi connectivity index (χ2n) is 7.68. The summed E-state index contributed by atoms with van der Waals surface area (Å²) in [6.45, 7) is 2.06. The summed E-state index contributed by atoms with van der Waals surface area (Å²) in [5, 5.41) is 11.8. The van der Waals surface area contributed by atoms with Gasteiger partial charge in [-0.3, -0.25) is 4.79 Å². The van der Waals surface area contributed by atoms with Crippen LogP contribution in [0.4, 0.5) is 15.9 Å². The van der Waals surface area contributed by atoms with Crippen LogP contribution < -0.4 is 10.2 Å². The van der Waals surface area contributed by atoms with Crippen LogP contribution in [0.2, 0.25) is 5.02 Å². The van der Waals surface area contributed by atoms with Crippen LogP contribution in [0.25, 0.3) is 11.3 Å². The number of carbonyl (C=O) groups is 1. The zero-order valence-corrected chi connectivity index (χ0v) is 17.9. The van der Waals surface area contributed by atoms with Crippen molar-refractivity contribution < 1.29 is 9.18 Å². The number of benzene rings is 2. The number of rotatable bonds is 5. The molecule has 2 heterocycles. The molecule has 1 amide bonds. The Labute approximate surface area is 186 Å². The van der Waals surface area contributed by atoms with Gasteiger partial charge in [0.1, 0.15) is 5.82 Å². The first-order valence-corrected chi connectivity index (χ1v) is 10.9. The van der Waals surface area contributed by atoms with Crippen LogP contribution in [0, 0.1) is 5.82 Å². The van der Waals surface area contributed by atoms with Crippen molar-refractivity contribution in [1.82, 2.24) is 10.2 Å². The highest BCUT2D eigenvalue weighted by molar-refractivity contribution is 6.31. The summed E-state index contributed by atoms with van der Waals surface area (Å²) >= 11 is 6.00. The molecular weight excluding hydrogens is 415 g/mol. The van der Waals surface area contributed by atoms with Crippen molar-refractivity contribution in [3.05, 3.63) is 71.0 Å². The van der Waals surface area contributed by atoms with Crippen molar-refractivity contribution in [3.63, 3.8) is 0 Å². The Morgan fingerprint density at radius 2 is 1.71 bits per heavy atom. The number of anilines is 2. The first kappa shape index (κ1) is 21.2. The molecule has 31 heavy (non-hydrogen) atoms. The summed E-state index contributed by atoms with van der Waals surface area (Å²) in [5.41, 5.74) is 2.49. The van der Waals surface area contributed by atoms with Crippen molar-refractivity contribution in [3.8, 4) is 11.3 Å². The lowest BCUT2D eigenvalue weighted by Crippen LogP contribution is -2.25. The summed E-state index contributed by atoms with van der Waals surface area (Å²) in [4.78, 5) is 14.6. The molecule has 7 heteroatoms. The summed E-state index contributed by atoms with van der Waals surface area (Å²) in [6, 6.07) is 15.7. The van der Waals surface area contributed by atoms with Crippen LogP contribution in [0.5, 0.6) is 0 Å². The molecular formula is C24H24ClFN4O. The predicted molar refractivity (Wildman–Crippen MR) is 122 cm³/mol. The average Bonchev–Trinajstić information content (AvgIpc) is 3.07. The van der Waals surface area contributed by atoms with Crippen molar-refractivity contribution in [1.29, 1.82) is 0 Å². The zero-order valence-electron chi connectivity index (χ0n) is 17.2. The molecule has 1 aliphatic heterocycles. The van der Waals surface area contributed by atoms with Crippen LogP contribution in [0.1, 0.15) is 31.2 Å². The van der Waals surface area contributed by atoms with E-state index in [1.54, 1.807) is 18.2 Å². The van der Waals surface area contributed by atoms with Gasteiger partial charge in [0.05, 0.1) is 12.1 Å². The summed E-state index contributed by atoms with van der Waals surface area (Å²) in [7, 11) is 0. The number of carbonyl (C=O) groups excluding carboxylic acids is 1. The molecule has 0 atom stereocenters. The Morgan fingerprint density at radius 1 is 0.968 bits per heavy atom. The van der Waals surface area contributed by atoms with Gasteiger partial charge in [0, 0.05) is 34.9 Å². The van der Waals surface area contributed by atoms with Crippen LogP contribution in [-0.2, 0) is 11.2 Å². The number of halogens is 2. The highest BCUT2D eigenvalue weighted by atomic mass is 35.5. The monoisotopic (exact) mass is 438 g/mol. The Kier molecular flexibility index (Phi) is 6.77. The van der Waals surface area contributed by atoms with E-state index in [1.807, 2.05) is 24.3 Å². The smallest absolute Gasteiger partial charge is 0.228 e. The number of aromatic nitrogens is 2. The lowest BCUT2D eigenvalue weighted by atomic mass is 10.1. The topological polar surface area (TPSA) is 58.1 Å². The first-order chi connectivity index (χ1) is 15.1. The zero-order chi connectivity index (χ0) is 21.6. The Morgan fingerprint density at radius 3 is 2.35 bits per heavy atom. The molecule has 1 fully saturated rings. The van der Waals surface area contributed by atoms with Gasteiger partial charge in [-0.2, -0.15) is 0 Å². The van der Waals surface area contributed by atoms with Crippen LogP contribution in [-0.4, -0.2) is 29.2 Å². The molecule has 3 aromatic rings. The van der Waals surface area contributed by atoms with Gasteiger partial charge in [-0.25, -0.2) is 4.39 Å². The van der Waals surface area contributed by atoms with E-state index in [0.717, 1.165) is 30.2 Å². The van der Waals surface area contributed by atoms with E-state index in [-0.39, 0.29) is 22.9 Å². The number of hydrogen-bond acceptors (Lipinski definition) is 4. The fraction of sp³-hybridized carbons (Fsp3) is 0.292. The van der Waals surface area contributed by atoms with Crippen molar-refractivity contribution in [2.45, 2.75) is 32.1 Å². The molecule has 160 valence electrons. The largest absolute Gasteiger partial charge is 0.355 e. The quantitative estimate of drug-likeness (QED) is 0.571. The fourth-order valence-electron chi connectivity index (χ4n) is 3.74. The Hall–Kier alpha value is -2.99. The van der Waals surface area contributed by atoms with E-state index in [0.29, 0.717) is 5.69 Å². The maximum atomic E-state index is 13.9. The standard InChI is InChI=1S/C24H24ClFN4O/c25-20-6-5-7-21(26)19(20)16-24(31)27-18-10-8-17(9-11-18)22-12-13-23(29-28-22)30-14-3-1-2-4-15-30/h5-13H,1-4,14-16H2,(H,27,31). The third-order valence-electron chi connectivity index (χ3n) is 5.44. The van der Waals surface area contributed by atoms with Gasteiger partial charge in [0.2, 0.25) is 5.91 Å². The molecule has 5 nitrogen and oxygen atoms in total. The van der Waals surface area contributed by atoms with Gasteiger partial charge in [-0.15, -0.1) is 10.2 Å². The third-order valence-corrected chi connectivity index (χ3v) is 5.80. The van der Waals surface area contributed by atoms with Gasteiger partial charge in [0.25, 0.3) is 0 Å². The van der Waals surface area contributed by atoms with Crippen molar-refractivity contribution >= 4 is 29.0 Å². The molecule has 0 saturated carbocycles. The second-order valence-corrected chi connectivity index (χ2v) is 8.09.